The number of hydrogen-bond donors (Lipinski definition) is 1. The first kappa shape index (κ1) is 13.2. The number of nitrogens with one attached hydrogen (secondary N) is 1. The van der Waals surface area contributed by atoms with E-state index in [2.05, 4.69) is 21.2 Å². The molecule has 2 aromatic rings. The summed E-state index contributed by atoms with van der Waals surface area (Å²) in [4.78, 5) is 11.9. The highest BCUT2D eigenvalue weighted by Gasteiger charge is 2.15. The molecule has 0 fully saturated rings. The first-order chi connectivity index (χ1) is 8.58. The lowest BCUT2D eigenvalue weighted by atomic mass is 10.1. The number of carbonyl (C=O) groups excluding carboxylic acids is 1. The average Bonchev–Trinajstić information content (AvgIpc) is 2.76. The Labute approximate surface area is 118 Å². The molecule has 0 aliphatic rings. The summed E-state index contributed by atoms with van der Waals surface area (Å²) in [6.07, 6.45) is 0. The maximum Gasteiger partial charge on any atom is 0.287 e. The quantitative estimate of drug-likeness (QED) is 0.918. The molecule has 0 radical (unpaired) electrons. The maximum absolute atomic E-state index is 11.9. The second-order valence-electron chi connectivity index (χ2n) is 3.82. The van der Waals surface area contributed by atoms with Crippen molar-refractivity contribution in [2.45, 2.75) is 13.0 Å². The Morgan fingerprint density at radius 2 is 2.06 bits per heavy atom. The van der Waals surface area contributed by atoms with Crippen LogP contribution in [0.1, 0.15) is 29.1 Å². The van der Waals surface area contributed by atoms with E-state index in [1.807, 2.05) is 25.1 Å². The zero-order valence-electron chi connectivity index (χ0n) is 9.61. The Morgan fingerprint density at radius 1 is 1.33 bits per heavy atom. The van der Waals surface area contributed by atoms with Gasteiger partial charge in [0.2, 0.25) is 0 Å². The molecule has 5 heteroatoms. The van der Waals surface area contributed by atoms with Gasteiger partial charge in [0.1, 0.15) is 0 Å². The minimum absolute atomic E-state index is 0.185. The molecule has 1 atom stereocenters. The largest absolute Gasteiger partial charge is 0.444 e. The van der Waals surface area contributed by atoms with E-state index < -0.39 is 0 Å². The zero-order chi connectivity index (χ0) is 13.1. The van der Waals surface area contributed by atoms with Crippen molar-refractivity contribution in [1.82, 2.24) is 5.32 Å². The van der Waals surface area contributed by atoms with Gasteiger partial charge in [-0.1, -0.05) is 29.8 Å². The Hall–Kier alpha value is -1.26. The van der Waals surface area contributed by atoms with Crippen LogP contribution in [0.15, 0.2) is 45.5 Å². The summed E-state index contributed by atoms with van der Waals surface area (Å²) in [5, 5.41) is 3.46. The average molecular weight is 329 g/mol. The summed E-state index contributed by atoms with van der Waals surface area (Å²) < 4.78 is 5.71. The Bertz CT molecular complexity index is 568. The van der Waals surface area contributed by atoms with Gasteiger partial charge in [0, 0.05) is 5.02 Å². The highest BCUT2D eigenvalue weighted by atomic mass is 79.9. The Kier molecular flexibility index (Phi) is 4.09. The molecule has 0 saturated heterocycles. The van der Waals surface area contributed by atoms with Crippen LogP contribution in [0.25, 0.3) is 0 Å². The minimum atomic E-state index is -0.270. The summed E-state index contributed by atoms with van der Waals surface area (Å²) >= 11 is 9.23. The Balaban J connectivity index is 2.10. The number of furan rings is 1. The van der Waals surface area contributed by atoms with Crippen LogP contribution >= 0.6 is 27.5 Å². The van der Waals surface area contributed by atoms with Gasteiger partial charge in [-0.3, -0.25) is 4.79 Å². The predicted octanol–water partition coefficient (Wildman–Crippen LogP) is 4.19. The fourth-order valence-corrected chi connectivity index (χ4v) is 2.21. The SMILES string of the molecule is CC(NC(=O)c1ccc(Br)o1)c1ccccc1Cl. The molecule has 0 saturated carbocycles. The monoisotopic (exact) mass is 327 g/mol. The molecule has 1 amide bonds. The summed E-state index contributed by atoms with van der Waals surface area (Å²) in [6, 6.07) is 10.5. The predicted molar refractivity (Wildman–Crippen MR) is 73.7 cm³/mol. The van der Waals surface area contributed by atoms with E-state index in [4.69, 9.17) is 16.0 Å². The van der Waals surface area contributed by atoms with Crippen molar-refractivity contribution in [3.63, 3.8) is 0 Å². The number of benzene rings is 1. The molecule has 1 aromatic carbocycles. The van der Waals surface area contributed by atoms with Crippen LogP contribution in [0.2, 0.25) is 5.02 Å². The molecule has 0 spiro atoms. The molecule has 3 nitrogen and oxygen atoms in total. The van der Waals surface area contributed by atoms with Gasteiger partial charge < -0.3 is 9.73 Å². The van der Waals surface area contributed by atoms with Crippen molar-refractivity contribution in [3.05, 3.63) is 57.4 Å². The fraction of sp³-hybridized carbons (Fsp3) is 0.154. The summed E-state index contributed by atoms with van der Waals surface area (Å²) in [5.74, 6) is -0.00565. The molecule has 1 unspecified atom stereocenters. The summed E-state index contributed by atoms with van der Waals surface area (Å²) in [5.41, 5.74) is 0.873. The molecule has 94 valence electrons. The molecular weight excluding hydrogens is 318 g/mol. The molecule has 1 heterocycles. The molecule has 18 heavy (non-hydrogen) atoms. The normalized spacial score (nSPS) is 12.2. The van der Waals surface area contributed by atoms with E-state index >= 15 is 0 Å². The highest BCUT2D eigenvalue weighted by Crippen LogP contribution is 2.23. The third-order valence-electron chi connectivity index (χ3n) is 2.52. The van der Waals surface area contributed by atoms with Crippen LogP contribution in [-0.2, 0) is 0 Å². The molecule has 2 rings (SSSR count). The van der Waals surface area contributed by atoms with Crippen LogP contribution < -0.4 is 5.32 Å². The second-order valence-corrected chi connectivity index (χ2v) is 5.01. The van der Waals surface area contributed by atoms with Crippen molar-refractivity contribution in [1.29, 1.82) is 0 Å². The zero-order valence-corrected chi connectivity index (χ0v) is 12.0. The third-order valence-corrected chi connectivity index (χ3v) is 3.29. The van der Waals surface area contributed by atoms with Crippen molar-refractivity contribution < 1.29 is 9.21 Å². The Morgan fingerprint density at radius 3 is 2.67 bits per heavy atom. The van der Waals surface area contributed by atoms with Gasteiger partial charge in [0.15, 0.2) is 10.4 Å². The lowest BCUT2D eigenvalue weighted by molar-refractivity contribution is 0.0910. The third kappa shape index (κ3) is 2.94. The van der Waals surface area contributed by atoms with Gasteiger partial charge in [-0.2, -0.15) is 0 Å². The lowest BCUT2D eigenvalue weighted by Gasteiger charge is -2.14. The van der Waals surface area contributed by atoms with Crippen LogP contribution in [0.4, 0.5) is 0 Å². The number of amides is 1. The maximum atomic E-state index is 11.9. The summed E-state index contributed by atoms with van der Waals surface area (Å²) in [7, 11) is 0. The van der Waals surface area contributed by atoms with E-state index in [9.17, 15) is 4.79 Å². The molecule has 0 bridgehead atoms. The fourth-order valence-electron chi connectivity index (χ4n) is 1.61. The number of carbonyl (C=O) groups is 1. The topological polar surface area (TPSA) is 42.2 Å². The first-order valence-electron chi connectivity index (χ1n) is 5.38. The van der Waals surface area contributed by atoms with Gasteiger partial charge >= 0.3 is 0 Å². The van der Waals surface area contributed by atoms with E-state index in [-0.39, 0.29) is 17.7 Å². The molecule has 1 aromatic heterocycles. The van der Waals surface area contributed by atoms with Crippen molar-refractivity contribution >= 4 is 33.4 Å². The van der Waals surface area contributed by atoms with E-state index in [0.717, 1.165) is 5.56 Å². The van der Waals surface area contributed by atoms with Crippen molar-refractivity contribution in [2.24, 2.45) is 0 Å². The molecular formula is C13H11BrClNO2. The van der Waals surface area contributed by atoms with Crippen LogP contribution in [-0.4, -0.2) is 5.91 Å². The number of hydrogen-bond acceptors (Lipinski definition) is 2. The molecule has 0 aliphatic carbocycles. The first-order valence-corrected chi connectivity index (χ1v) is 6.55. The minimum Gasteiger partial charge on any atom is -0.444 e. The summed E-state index contributed by atoms with van der Waals surface area (Å²) in [6.45, 7) is 1.87. The van der Waals surface area contributed by atoms with E-state index in [0.29, 0.717) is 9.69 Å². The molecule has 1 N–H and O–H groups in total. The van der Waals surface area contributed by atoms with Gasteiger partial charge in [0.05, 0.1) is 6.04 Å². The molecule has 0 aliphatic heterocycles. The standard InChI is InChI=1S/C13H11BrClNO2/c1-8(9-4-2-3-5-10(9)15)16-13(17)11-6-7-12(14)18-11/h2-8H,1H3,(H,16,17). The van der Waals surface area contributed by atoms with Crippen molar-refractivity contribution in [3.8, 4) is 0 Å². The van der Waals surface area contributed by atoms with Gasteiger partial charge in [-0.25, -0.2) is 0 Å². The van der Waals surface area contributed by atoms with Crippen LogP contribution in [0.5, 0.6) is 0 Å². The number of halogens is 2. The smallest absolute Gasteiger partial charge is 0.287 e. The van der Waals surface area contributed by atoms with E-state index in [1.54, 1.807) is 18.2 Å². The van der Waals surface area contributed by atoms with Gasteiger partial charge in [0.25, 0.3) is 5.91 Å². The lowest BCUT2D eigenvalue weighted by Crippen LogP contribution is -2.26. The van der Waals surface area contributed by atoms with Crippen molar-refractivity contribution in [2.75, 3.05) is 0 Å². The van der Waals surface area contributed by atoms with Gasteiger partial charge in [-0.05, 0) is 46.6 Å². The number of rotatable bonds is 3. The second kappa shape index (κ2) is 5.59. The van der Waals surface area contributed by atoms with Crippen LogP contribution in [0, 0.1) is 0 Å². The van der Waals surface area contributed by atoms with Crippen LogP contribution in [0.3, 0.4) is 0 Å². The van der Waals surface area contributed by atoms with Gasteiger partial charge in [-0.15, -0.1) is 0 Å². The van der Waals surface area contributed by atoms with E-state index in [1.165, 1.54) is 0 Å². The highest BCUT2D eigenvalue weighted by molar-refractivity contribution is 9.10.